The van der Waals surface area contributed by atoms with Crippen LogP contribution in [0.15, 0.2) is 152 Å². The molecule has 0 amide bonds. The van der Waals surface area contributed by atoms with E-state index in [1.54, 1.807) is 0 Å². The lowest BCUT2D eigenvalue weighted by atomic mass is 10.0. The van der Waals surface area contributed by atoms with Crippen molar-refractivity contribution in [3.8, 4) is 11.1 Å². The lowest BCUT2D eigenvalue weighted by molar-refractivity contribution is 0.785. The molecule has 0 spiro atoms. The molecule has 5 aromatic carbocycles. The second-order valence-corrected chi connectivity index (χ2v) is 10.4. The van der Waals surface area contributed by atoms with E-state index >= 15 is 0 Å². The normalized spacial score (nSPS) is 14.2. The van der Waals surface area contributed by atoms with Crippen molar-refractivity contribution in [2.75, 3.05) is 9.80 Å². The molecule has 0 radical (unpaired) electrons. The first kappa shape index (κ1) is 25.5. The Labute approximate surface area is 238 Å². The smallest absolute Gasteiger partial charge is 0.0559 e. The minimum atomic E-state index is 0.294. The van der Waals surface area contributed by atoms with Gasteiger partial charge >= 0.3 is 0 Å². The number of para-hydroxylation sites is 1. The molecular formula is C38H34N2. The third-order valence-electron chi connectivity index (χ3n) is 7.45. The molecule has 5 aromatic rings. The molecule has 1 aliphatic rings. The highest BCUT2D eigenvalue weighted by Gasteiger charge is 2.19. The zero-order valence-corrected chi connectivity index (χ0v) is 23.1. The van der Waals surface area contributed by atoms with E-state index in [0.717, 1.165) is 23.5 Å². The third-order valence-corrected chi connectivity index (χ3v) is 7.45. The van der Waals surface area contributed by atoms with E-state index in [-0.39, 0.29) is 0 Å². The Morgan fingerprint density at radius 3 is 1.65 bits per heavy atom. The lowest BCUT2D eigenvalue weighted by Crippen LogP contribution is -2.29. The predicted molar refractivity (Wildman–Crippen MR) is 171 cm³/mol. The van der Waals surface area contributed by atoms with Gasteiger partial charge in [0.2, 0.25) is 0 Å². The summed E-state index contributed by atoms with van der Waals surface area (Å²) in [5.41, 5.74) is 10.8. The summed E-state index contributed by atoms with van der Waals surface area (Å²) < 4.78 is 0. The summed E-state index contributed by atoms with van der Waals surface area (Å²) in [5.74, 6) is 0. The Kier molecular flexibility index (Phi) is 7.32. The second kappa shape index (κ2) is 11.5. The molecule has 2 heteroatoms. The highest BCUT2D eigenvalue weighted by Crippen LogP contribution is 2.37. The zero-order valence-electron chi connectivity index (χ0n) is 23.1. The Morgan fingerprint density at radius 1 is 0.500 bits per heavy atom. The number of aryl methyl sites for hydroxylation is 2. The summed E-state index contributed by atoms with van der Waals surface area (Å²) in [6.07, 6.45) is 9.82. The molecule has 1 aliphatic carbocycles. The van der Waals surface area contributed by atoms with Crippen LogP contribution < -0.4 is 9.80 Å². The highest BCUT2D eigenvalue weighted by molar-refractivity contribution is 5.79. The van der Waals surface area contributed by atoms with Crippen LogP contribution in [0.5, 0.6) is 0 Å². The van der Waals surface area contributed by atoms with Crippen LogP contribution in [0, 0.1) is 13.8 Å². The molecule has 0 aliphatic heterocycles. The number of nitrogens with zero attached hydrogens (tertiary/aromatic N) is 2. The van der Waals surface area contributed by atoms with E-state index < -0.39 is 0 Å². The molecule has 1 atom stereocenters. The number of hydrogen-bond acceptors (Lipinski definition) is 2. The lowest BCUT2D eigenvalue weighted by Gasteiger charge is -2.33. The molecule has 0 unspecified atom stereocenters. The van der Waals surface area contributed by atoms with Gasteiger partial charge in [0.1, 0.15) is 0 Å². The summed E-state index contributed by atoms with van der Waals surface area (Å²) in [7, 11) is 0. The van der Waals surface area contributed by atoms with E-state index in [1.807, 2.05) is 0 Å². The van der Waals surface area contributed by atoms with Crippen LogP contribution in [-0.4, -0.2) is 6.04 Å². The van der Waals surface area contributed by atoms with Gasteiger partial charge in [0.25, 0.3) is 0 Å². The quantitative estimate of drug-likeness (QED) is 0.211. The van der Waals surface area contributed by atoms with Crippen molar-refractivity contribution in [1.29, 1.82) is 0 Å². The Morgan fingerprint density at radius 2 is 1.05 bits per heavy atom. The maximum Gasteiger partial charge on any atom is 0.0559 e. The Hall–Kier alpha value is -4.82. The van der Waals surface area contributed by atoms with Gasteiger partial charge in [-0.25, -0.2) is 0 Å². The summed E-state index contributed by atoms with van der Waals surface area (Å²) in [6, 6.07) is 46.2. The molecule has 196 valence electrons. The molecule has 0 saturated heterocycles. The van der Waals surface area contributed by atoms with Gasteiger partial charge in [-0.1, -0.05) is 91.0 Å². The van der Waals surface area contributed by atoms with Crippen LogP contribution in [0.2, 0.25) is 0 Å². The van der Waals surface area contributed by atoms with Crippen molar-refractivity contribution >= 4 is 28.4 Å². The van der Waals surface area contributed by atoms with E-state index in [1.165, 1.54) is 33.6 Å². The Bertz CT molecular complexity index is 1630. The van der Waals surface area contributed by atoms with Crippen molar-refractivity contribution in [1.82, 2.24) is 0 Å². The minimum Gasteiger partial charge on any atom is -0.334 e. The van der Waals surface area contributed by atoms with Gasteiger partial charge < -0.3 is 9.80 Å². The molecule has 6 rings (SSSR count). The number of anilines is 5. The maximum absolute atomic E-state index is 2.44. The van der Waals surface area contributed by atoms with E-state index in [2.05, 4.69) is 175 Å². The van der Waals surface area contributed by atoms with Crippen LogP contribution in [0.4, 0.5) is 28.4 Å². The number of hydrogen-bond donors (Lipinski definition) is 0. The fourth-order valence-electron chi connectivity index (χ4n) is 5.48. The summed E-state index contributed by atoms with van der Waals surface area (Å²) in [5, 5.41) is 0. The summed E-state index contributed by atoms with van der Waals surface area (Å²) >= 11 is 0. The molecular weight excluding hydrogens is 484 g/mol. The molecule has 0 fully saturated rings. The molecule has 0 bridgehead atoms. The monoisotopic (exact) mass is 518 g/mol. The van der Waals surface area contributed by atoms with E-state index in [0.29, 0.717) is 6.04 Å². The molecule has 0 aromatic heterocycles. The Balaban J connectivity index is 1.30. The van der Waals surface area contributed by atoms with Crippen molar-refractivity contribution in [2.24, 2.45) is 0 Å². The fraction of sp³-hybridized carbons (Fsp3) is 0.105. The molecule has 0 saturated carbocycles. The number of rotatable bonds is 7. The van der Waals surface area contributed by atoms with Gasteiger partial charge in [0.05, 0.1) is 6.04 Å². The van der Waals surface area contributed by atoms with Gasteiger partial charge in [-0.2, -0.15) is 0 Å². The van der Waals surface area contributed by atoms with Gasteiger partial charge in [0.15, 0.2) is 0 Å². The van der Waals surface area contributed by atoms with Crippen molar-refractivity contribution in [3.63, 3.8) is 0 Å². The second-order valence-electron chi connectivity index (χ2n) is 10.4. The average molecular weight is 519 g/mol. The number of benzene rings is 5. The summed E-state index contributed by atoms with van der Waals surface area (Å²) in [4.78, 5) is 4.76. The van der Waals surface area contributed by atoms with Crippen molar-refractivity contribution < 1.29 is 0 Å². The maximum atomic E-state index is 2.44. The fourth-order valence-corrected chi connectivity index (χ4v) is 5.48. The van der Waals surface area contributed by atoms with Crippen LogP contribution in [-0.2, 0) is 0 Å². The van der Waals surface area contributed by atoms with Crippen LogP contribution in [0.3, 0.4) is 0 Å². The van der Waals surface area contributed by atoms with Crippen LogP contribution in [0.25, 0.3) is 11.1 Å². The summed E-state index contributed by atoms with van der Waals surface area (Å²) in [6.45, 7) is 4.30. The molecule has 40 heavy (non-hydrogen) atoms. The van der Waals surface area contributed by atoms with Gasteiger partial charge in [-0.15, -0.1) is 0 Å². The first-order chi connectivity index (χ1) is 19.7. The highest BCUT2D eigenvalue weighted by atomic mass is 15.2. The molecule has 2 nitrogen and oxygen atoms in total. The third kappa shape index (κ3) is 5.48. The topological polar surface area (TPSA) is 6.48 Å². The van der Waals surface area contributed by atoms with E-state index in [9.17, 15) is 0 Å². The van der Waals surface area contributed by atoms with Crippen LogP contribution >= 0.6 is 0 Å². The zero-order chi connectivity index (χ0) is 27.3. The largest absolute Gasteiger partial charge is 0.334 e. The minimum absolute atomic E-state index is 0.294. The van der Waals surface area contributed by atoms with Gasteiger partial charge in [-0.05, 0) is 103 Å². The SMILES string of the molecule is Cc1cccc(N(c2ccccc2)c2ccc(-c3ccc(N(c4cccc(C)c4)[C@H]4C=CC=CC4)cc3)cc2)c1. The van der Waals surface area contributed by atoms with Crippen molar-refractivity contribution in [2.45, 2.75) is 26.3 Å². The first-order valence-corrected chi connectivity index (χ1v) is 14.0. The predicted octanol–water partition coefficient (Wildman–Crippen LogP) is 10.5. The van der Waals surface area contributed by atoms with Gasteiger partial charge in [0, 0.05) is 28.4 Å². The number of allylic oxidation sites excluding steroid dienone is 2. The van der Waals surface area contributed by atoms with Crippen LogP contribution in [0.1, 0.15) is 17.5 Å². The van der Waals surface area contributed by atoms with Crippen molar-refractivity contribution in [3.05, 3.63) is 163 Å². The van der Waals surface area contributed by atoms with E-state index in [4.69, 9.17) is 0 Å². The first-order valence-electron chi connectivity index (χ1n) is 14.0. The van der Waals surface area contributed by atoms with Gasteiger partial charge in [-0.3, -0.25) is 0 Å². The molecule has 0 heterocycles. The standard InChI is InChI=1S/C38H34N2/c1-29-11-9-17-37(27-29)39(33-13-5-3-6-14-33)35-23-19-31(20-24-35)32-21-25-36(26-22-32)40(34-15-7-4-8-16-34)38-18-10-12-30(2)28-38/h3-15,17-28,34H,16H2,1-2H3/t34-/m0/s1. The average Bonchev–Trinajstić information content (AvgIpc) is 3.00. The molecule has 0 N–H and O–H groups in total.